The van der Waals surface area contributed by atoms with Gasteiger partial charge in [-0.3, -0.25) is 0 Å². The number of rotatable bonds is 4. The van der Waals surface area contributed by atoms with Gasteiger partial charge in [-0.1, -0.05) is 40.2 Å². The van der Waals surface area contributed by atoms with E-state index in [2.05, 4.69) is 25.9 Å². The lowest BCUT2D eigenvalue weighted by atomic mass is 10.2. The molecule has 0 amide bonds. The van der Waals surface area contributed by atoms with E-state index >= 15 is 0 Å². The lowest BCUT2D eigenvalue weighted by molar-refractivity contribution is 0.0600. The molecule has 0 unspecified atom stereocenters. The van der Waals surface area contributed by atoms with Gasteiger partial charge in [-0.25, -0.2) is 9.78 Å². The van der Waals surface area contributed by atoms with Gasteiger partial charge in [-0.05, 0) is 48.5 Å². The van der Waals surface area contributed by atoms with E-state index in [0.717, 1.165) is 20.9 Å². The maximum atomic E-state index is 11.6. The Kier molecular flexibility index (Phi) is 5.04. The first-order chi connectivity index (χ1) is 13.6. The molecule has 1 aromatic heterocycles. The molecule has 0 saturated heterocycles. The number of methoxy groups -OCH3 is 1. The van der Waals surface area contributed by atoms with Gasteiger partial charge in [0.05, 0.1) is 23.6 Å². The van der Waals surface area contributed by atoms with Gasteiger partial charge in [-0.15, -0.1) is 0 Å². The van der Waals surface area contributed by atoms with Crippen LogP contribution in [0.1, 0.15) is 10.4 Å². The fourth-order valence-electron chi connectivity index (χ4n) is 2.74. The zero-order chi connectivity index (χ0) is 19.5. The van der Waals surface area contributed by atoms with E-state index in [1.165, 1.54) is 7.11 Å². The van der Waals surface area contributed by atoms with Crippen LogP contribution in [0.15, 0.2) is 77.3 Å². The first-order valence-corrected chi connectivity index (χ1v) is 9.32. The van der Waals surface area contributed by atoms with Crippen molar-refractivity contribution in [1.82, 2.24) is 9.97 Å². The number of hydrogen-bond donors (Lipinski definition) is 0. The summed E-state index contributed by atoms with van der Waals surface area (Å²) in [5, 5.41) is 0.806. The Bertz CT molecular complexity index is 1140. The third-order valence-electron chi connectivity index (χ3n) is 4.16. The Morgan fingerprint density at radius 2 is 1.61 bits per heavy atom. The van der Waals surface area contributed by atoms with Crippen molar-refractivity contribution in [3.8, 4) is 23.0 Å². The second-order valence-corrected chi connectivity index (χ2v) is 6.91. The van der Waals surface area contributed by atoms with Gasteiger partial charge in [0.15, 0.2) is 5.82 Å². The summed E-state index contributed by atoms with van der Waals surface area (Å²) in [5.41, 5.74) is 2.13. The Hall–Kier alpha value is -3.25. The van der Waals surface area contributed by atoms with E-state index in [4.69, 9.17) is 9.47 Å². The Balaban J connectivity index is 1.75. The molecule has 1 heterocycles. The van der Waals surface area contributed by atoms with E-state index in [1.54, 1.807) is 24.3 Å². The van der Waals surface area contributed by atoms with Gasteiger partial charge in [-0.2, -0.15) is 4.98 Å². The average Bonchev–Trinajstić information content (AvgIpc) is 2.74. The summed E-state index contributed by atoms with van der Waals surface area (Å²) < 4.78 is 11.7. The minimum Gasteiger partial charge on any atom is -0.465 e. The van der Waals surface area contributed by atoms with Crippen LogP contribution in [0.4, 0.5) is 0 Å². The van der Waals surface area contributed by atoms with Crippen LogP contribution in [-0.2, 0) is 4.74 Å². The van der Waals surface area contributed by atoms with Gasteiger partial charge in [0, 0.05) is 10.0 Å². The quantitative estimate of drug-likeness (QED) is 0.389. The molecule has 0 atom stereocenters. The number of nitrogens with zero attached hydrogens (tertiary/aromatic N) is 2. The molecule has 0 saturated carbocycles. The third kappa shape index (κ3) is 3.73. The normalized spacial score (nSPS) is 10.6. The van der Waals surface area contributed by atoms with Gasteiger partial charge in [0.2, 0.25) is 5.88 Å². The highest BCUT2D eigenvalue weighted by Crippen LogP contribution is 2.30. The van der Waals surface area contributed by atoms with Crippen molar-refractivity contribution in [2.24, 2.45) is 0 Å². The van der Waals surface area contributed by atoms with E-state index in [0.29, 0.717) is 23.0 Å². The van der Waals surface area contributed by atoms with Gasteiger partial charge < -0.3 is 9.47 Å². The predicted octanol–water partition coefficient (Wildman–Crippen LogP) is 5.64. The average molecular weight is 435 g/mol. The number of esters is 1. The predicted molar refractivity (Wildman–Crippen MR) is 111 cm³/mol. The fourth-order valence-corrected chi connectivity index (χ4v) is 3.01. The van der Waals surface area contributed by atoms with Crippen LogP contribution in [-0.4, -0.2) is 23.0 Å². The number of hydrogen-bond acceptors (Lipinski definition) is 5. The topological polar surface area (TPSA) is 61.3 Å². The minimum absolute atomic E-state index is 0.392. The molecule has 3 aromatic carbocycles. The highest BCUT2D eigenvalue weighted by Gasteiger charge is 2.12. The first kappa shape index (κ1) is 18.1. The summed E-state index contributed by atoms with van der Waals surface area (Å²) in [4.78, 5) is 20.9. The van der Waals surface area contributed by atoms with Gasteiger partial charge in [0.25, 0.3) is 0 Å². The molecule has 0 aliphatic carbocycles. The largest absolute Gasteiger partial charge is 0.465 e. The number of benzene rings is 3. The monoisotopic (exact) mass is 434 g/mol. The molecule has 6 heteroatoms. The molecule has 0 bridgehead atoms. The summed E-state index contributed by atoms with van der Waals surface area (Å²) in [5.74, 6) is 1.21. The lowest BCUT2D eigenvalue weighted by Gasteiger charge is -2.10. The highest BCUT2D eigenvalue weighted by molar-refractivity contribution is 9.10. The molecule has 5 nitrogen and oxygen atoms in total. The number of para-hydroxylation sites is 1. The molecular weight excluding hydrogens is 420 g/mol. The molecule has 138 valence electrons. The Morgan fingerprint density at radius 3 is 2.32 bits per heavy atom. The van der Waals surface area contributed by atoms with Crippen molar-refractivity contribution in [1.29, 1.82) is 0 Å². The maximum Gasteiger partial charge on any atom is 0.337 e. The van der Waals surface area contributed by atoms with Crippen molar-refractivity contribution >= 4 is 32.8 Å². The number of carbonyl (C=O) groups is 1. The molecule has 28 heavy (non-hydrogen) atoms. The van der Waals surface area contributed by atoms with E-state index < -0.39 is 5.97 Å². The lowest BCUT2D eigenvalue weighted by Crippen LogP contribution is -2.00. The van der Waals surface area contributed by atoms with Gasteiger partial charge >= 0.3 is 5.97 Å². The van der Waals surface area contributed by atoms with Crippen LogP contribution in [0.5, 0.6) is 11.6 Å². The summed E-state index contributed by atoms with van der Waals surface area (Å²) in [6.07, 6.45) is 0. The van der Waals surface area contributed by atoms with Crippen molar-refractivity contribution < 1.29 is 14.3 Å². The number of aromatic nitrogens is 2. The van der Waals surface area contributed by atoms with E-state index in [-0.39, 0.29) is 0 Å². The number of ether oxygens (including phenoxy) is 2. The molecule has 0 spiro atoms. The number of fused-ring (bicyclic) bond motifs is 1. The third-order valence-corrected chi connectivity index (χ3v) is 4.69. The summed E-state index contributed by atoms with van der Waals surface area (Å²) in [6, 6.07) is 22.2. The van der Waals surface area contributed by atoms with Crippen LogP contribution in [0.2, 0.25) is 0 Å². The highest BCUT2D eigenvalue weighted by atomic mass is 79.9. The Morgan fingerprint density at radius 1 is 0.893 bits per heavy atom. The van der Waals surface area contributed by atoms with Crippen LogP contribution in [0.25, 0.3) is 22.3 Å². The standard InChI is InChI=1S/C22H15BrN2O3/c1-27-22(26)15-8-12-17(13-9-15)28-21-18-4-2-3-5-19(18)24-20(25-21)14-6-10-16(23)11-7-14/h2-13H,1H3. The van der Waals surface area contributed by atoms with Crippen LogP contribution < -0.4 is 4.74 Å². The molecule has 4 rings (SSSR count). The van der Waals surface area contributed by atoms with Crippen LogP contribution in [0, 0.1) is 0 Å². The maximum absolute atomic E-state index is 11.6. The van der Waals surface area contributed by atoms with Crippen LogP contribution in [0.3, 0.4) is 0 Å². The SMILES string of the molecule is COC(=O)c1ccc(Oc2nc(-c3ccc(Br)cc3)nc3ccccc23)cc1. The minimum atomic E-state index is -0.392. The van der Waals surface area contributed by atoms with E-state index in [1.807, 2.05) is 48.5 Å². The number of carbonyl (C=O) groups excluding carboxylic acids is 1. The zero-order valence-electron chi connectivity index (χ0n) is 14.9. The number of halogens is 1. The van der Waals surface area contributed by atoms with Crippen molar-refractivity contribution in [2.45, 2.75) is 0 Å². The molecule has 0 N–H and O–H groups in total. The first-order valence-electron chi connectivity index (χ1n) is 8.53. The van der Waals surface area contributed by atoms with Crippen molar-refractivity contribution in [2.75, 3.05) is 7.11 Å². The smallest absolute Gasteiger partial charge is 0.337 e. The second kappa shape index (κ2) is 7.78. The summed E-state index contributed by atoms with van der Waals surface area (Å²) >= 11 is 3.44. The van der Waals surface area contributed by atoms with Crippen LogP contribution >= 0.6 is 15.9 Å². The van der Waals surface area contributed by atoms with Crippen molar-refractivity contribution in [3.05, 3.63) is 82.8 Å². The van der Waals surface area contributed by atoms with Gasteiger partial charge in [0.1, 0.15) is 5.75 Å². The molecule has 0 radical (unpaired) electrons. The van der Waals surface area contributed by atoms with E-state index in [9.17, 15) is 4.79 Å². The summed E-state index contributed by atoms with van der Waals surface area (Å²) in [6.45, 7) is 0. The zero-order valence-corrected chi connectivity index (χ0v) is 16.5. The molecular formula is C22H15BrN2O3. The molecule has 4 aromatic rings. The molecule has 0 aliphatic rings. The van der Waals surface area contributed by atoms with Crippen molar-refractivity contribution in [3.63, 3.8) is 0 Å². The second-order valence-electron chi connectivity index (χ2n) is 5.99. The fraction of sp³-hybridized carbons (Fsp3) is 0.0455. The Labute approximate surface area is 170 Å². The molecule has 0 fully saturated rings. The molecule has 0 aliphatic heterocycles. The summed E-state index contributed by atoms with van der Waals surface area (Å²) in [7, 11) is 1.35.